The van der Waals surface area contributed by atoms with Crippen LogP contribution in [-0.2, 0) is 6.42 Å². The van der Waals surface area contributed by atoms with E-state index in [0.29, 0.717) is 5.92 Å². The summed E-state index contributed by atoms with van der Waals surface area (Å²) in [5.74, 6) is 0.660. The molecule has 0 aliphatic carbocycles. The molecule has 3 rings (SSSR count). The van der Waals surface area contributed by atoms with Crippen LogP contribution in [-0.4, -0.2) is 0 Å². The summed E-state index contributed by atoms with van der Waals surface area (Å²) in [4.78, 5) is 0. The third-order valence-electron chi connectivity index (χ3n) is 3.14. The number of benzene rings is 2. The second kappa shape index (κ2) is 4.43. The zero-order chi connectivity index (χ0) is 12.7. The van der Waals surface area contributed by atoms with E-state index < -0.39 is 0 Å². The average molecular weight is 303 g/mol. The molecule has 0 spiro atoms. The molecule has 0 aliphatic rings. The Morgan fingerprint density at radius 1 is 1.11 bits per heavy atom. The summed E-state index contributed by atoms with van der Waals surface area (Å²) >= 11 is 3.62. The van der Waals surface area contributed by atoms with Gasteiger partial charge in [0.15, 0.2) is 0 Å². The number of hydrogen-bond donors (Lipinski definition) is 0. The molecule has 0 fully saturated rings. The Labute approximate surface area is 115 Å². The average Bonchev–Trinajstić information content (AvgIpc) is 2.68. The fourth-order valence-corrected chi connectivity index (χ4v) is 3.02. The minimum atomic E-state index is 0.660. The predicted octanol–water partition coefficient (Wildman–Crippen LogP) is 5.55. The number of furan rings is 1. The fourth-order valence-electron chi connectivity index (χ4n) is 2.43. The van der Waals surface area contributed by atoms with Gasteiger partial charge in [0.1, 0.15) is 11.2 Å². The number of fused-ring (bicyclic) bond motifs is 3. The van der Waals surface area contributed by atoms with Gasteiger partial charge in [0, 0.05) is 10.8 Å². The van der Waals surface area contributed by atoms with Gasteiger partial charge in [0.2, 0.25) is 0 Å². The van der Waals surface area contributed by atoms with Crippen molar-refractivity contribution in [2.24, 2.45) is 5.92 Å². The van der Waals surface area contributed by atoms with Crippen LogP contribution in [0.5, 0.6) is 0 Å². The van der Waals surface area contributed by atoms with Crippen LogP contribution < -0.4 is 0 Å². The van der Waals surface area contributed by atoms with Gasteiger partial charge < -0.3 is 4.42 Å². The van der Waals surface area contributed by atoms with E-state index >= 15 is 0 Å². The first-order chi connectivity index (χ1) is 8.65. The summed E-state index contributed by atoms with van der Waals surface area (Å²) in [6.45, 7) is 4.48. The van der Waals surface area contributed by atoms with Gasteiger partial charge in [-0.15, -0.1) is 0 Å². The summed E-state index contributed by atoms with van der Waals surface area (Å²) in [5.41, 5.74) is 3.26. The van der Waals surface area contributed by atoms with E-state index in [1.807, 2.05) is 12.1 Å². The van der Waals surface area contributed by atoms with E-state index in [-0.39, 0.29) is 0 Å². The molecule has 2 heteroatoms. The van der Waals surface area contributed by atoms with E-state index in [0.717, 1.165) is 22.1 Å². The van der Waals surface area contributed by atoms with E-state index in [1.165, 1.54) is 16.3 Å². The normalized spacial score (nSPS) is 11.8. The smallest absolute Gasteiger partial charge is 0.149 e. The lowest BCUT2D eigenvalue weighted by Crippen LogP contribution is -1.93. The first-order valence-electron chi connectivity index (χ1n) is 6.25. The first-order valence-corrected chi connectivity index (χ1v) is 7.04. The van der Waals surface area contributed by atoms with E-state index in [9.17, 15) is 0 Å². The highest BCUT2D eigenvalue weighted by Gasteiger charge is 2.11. The molecule has 92 valence electrons. The number of halogens is 1. The van der Waals surface area contributed by atoms with Gasteiger partial charge in [-0.25, -0.2) is 0 Å². The third kappa shape index (κ3) is 1.95. The highest BCUT2D eigenvalue weighted by atomic mass is 79.9. The highest BCUT2D eigenvalue weighted by Crippen LogP contribution is 2.34. The molecule has 1 nitrogen and oxygen atoms in total. The topological polar surface area (TPSA) is 13.1 Å². The number of rotatable bonds is 2. The Morgan fingerprint density at radius 3 is 2.67 bits per heavy atom. The summed E-state index contributed by atoms with van der Waals surface area (Å²) in [6.07, 6.45) is 1.09. The monoisotopic (exact) mass is 302 g/mol. The van der Waals surface area contributed by atoms with Gasteiger partial charge in [-0.1, -0.05) is 32.0 Å². The van der Waals surface area contributed by atoms with Crippen LogP contribution in [0, 0.1) is 5.92 Å². The molecule has 0 unspecified atom stereocenters. The van der Waals surface area contributed by atoms with Crippen LogP contribution in [0.25, 0.3) is 21.9 Å². The van der Waals surface area contributed by atoms with Crippen LogP contribution in [0.4, 0.5) is 0 Å². The number of para-hydroxylation sites is 1. The molecule has 0 bridgehead atoms. The minimum Gasteiger partial charge on any atom is -0.455 e. The van der Waals surface area contributed by atoms with Crippen LogP contribution >= 0.6 is 15.9 Å². The molecule has 0 radical (unpaired) electrons. The summed E-state index contributed by atoms with van der Waals surface area (Å²) in [5, 5.41) is 2.40. The van der Waals surface area contributed by atoms with Crippen molar-refractivity contribution in [1.29, 1.82) is 0 Å². The third-order valence-corrected chi connectivity index (χ3v) is 3.73. The van der Waals surface area contributed by atoms with Crippen molar-refractivity contribution in [3.63, 3.8) is 0 Å². The Bertz CT molecular complexity index is 710. The van der Waals surface area contributed by atoms with Crippen molar-refractivity contribution in [2.75, 3.05) is 0 Å². The van der Waals surface area contributed by atoms with Crippen molar-refractivity contribution >= 4 is 37.9 Å². The second-order valence-corrected chi connectivity index (χ2v) is 6.00. The van der Waals surface area contributed by atoms with Gasteiger partial charge in [0.25, 0.3) is 0 Å². The zero-order valence-electron chi connectivity index (χ0n) is 10.5. The molecule has 0 aliphatic heterocycles. The van der Waals surface area contributed by atoms with Crippen LogP contribution in [0.15, 0.2) is 45.3 Å². The highest BCUT2D eigenvalue weighted by molar-refractivity contribution is 9.10. The standard InChI is InChI=1S/C16H15BrO/c1-10(2)7-11-8-13-12-5-3-4-6-15(12)18-16(13)14(17)9-11/h3-6,8-10H,7H2,1-2H3. The maximum Gasteiger partial charge on any atom is 0.149 e. The molecular weight excluding hydrogens is 288 g/mol. The predicted molar refractivity (Wildman–Crippen MR) is 80.0 cm³/mol. The molecule has 1 heterocycles. The quantitative estimate of drug-likeness (QED) is 0.605. The van der Waals surface area contributed by atoms with E-state index in [1.54, 1.807) is 0 Å². The maximum atomic E-state index is 5.90. The van der Waals surface area contributed by atoms with Gasteiger partial charge >= 0.3 is 0 Å². The molecule has 0 saturated carbocycles. The zero-order valence-corrected chi connectivity index (χ0v) is 12.1. The summed E-state index contributed by atoms with van der Waals surface area (Å²) in [6, 6.07) is 12.6. The van der Waals surface area contributed by atoms with Gasteiger partial charge in [-0.2, -0.15) is 0 Å². The minimum absolute atomic E-state index is 0.660. The van der Waals surface area contributed by atoms with Crippen molar-refractivity contribution < 1.29 is 4.42 Å². The fraction of sp³-hybridized carbons (Fsp3) is 0.250. The molecule has 0 saturated heterocycles. The molecule has 1 aromatic heterocycles. The SMILES string of the molecule is CC(C)Cc1cc(Br)c2oc3ccccc3c2c1. The summed E-state index contributed by atoms with van der Waals surface area (Å²) < 4.78 is 6.94. The lowest BCUT2D eigenvalue weighted by Gasteiger charge is -2.05. The Kier molecular flexibility index (Phi) is 2.90. The summed E-state index contributed by atoms with van der Waals surface area (Å²) in [7, 11) is 0. The molecular formula is C16H15BrO. The Hall–Kier alpha value is -1.28. The molecule has 18 heavy (non-hydrogen) atoms. The molecule has 0 atom stereocenters. The first kappa shape index (κ1) is 11.8. The largest absolute Gasteiger partial charge is 0.455 e. The van der Waals surface area contributed by atoms with Crippen LogP contribution in [0.3, 0.4) is 0 Å². The van der Waals surface area contributed by atoms with Crippen LogP contribution in [0.1, 0.15) is 19.4 Å². The van der Waals surface area contributed by atoms with E-state index in [4.69, 9.17) is 4.42 Å². The van der Waals surface area contributed by atoms with Gasteiger partial charge in [-0.3, -0.25) is 0 Å². The van der Waals surface area contributed by atoms with Crippen molar-refractivity contribution in [2.45, 2.75) is 20.3 Å². The van der Waals surface area contributed by atoms with Crippen molar-refractivity contribution in [1.82, 2.24) is 0 Å². The van der Waals surface area contributed by atoms with Crippen molar-refractivity contribution in [3.05, 3.63) is 46.4 Å². The molecule has 2 aromatic carbocycles. The Morgan fingerprint density at radius 2 is 1.89 bits per heavy atom. The maximum absolute atomic E-state index is 5.90. The van der Waals surface area contributed by atoms with Crippen LogP contribution in [0.2, 0.25) is 0 Å². The second-order valence-electron chi connectivity index (χ2n) is 5.15. The molecule has 0 N–H and O–H groups in total. The lowest BCUT2D eigenvalue weighted by atomic mass is 10.0. The molecule has 0 amide bonds. The van der Waals surface area contributed by atoms with E-state index in [2.05, 4.69) is 54.0 Å². The molecule has 3 aromatic rings. The van der Waals surface area contributed by atoms with Gasteiger partial charge in [0.05, 0.1) is 4.47 Å². The number of hydrogen-bond acceptors (Lipinski definition) is 1. The lowest BCUT2D eigenvalue weighted by molar-refractivity contribution is 0.645. The Balaban J connectivity index is 2.30. The van der Waals surface area contributed by atoms with Crippen molar-refractivity contribution in [3.8, 4) is 0 Å². The van der Waals surface area contributed by atoms with Gasteiger partial charge in [-0.05, 0) is 52.0 Å².